The van der Waals surface area contributed by atoms with Crippen molar-refractivity contribution in [1.29, 1.82) is 0 Å². The third-order valence-electron chi connectivity index (χ3n) is 5.04. The summed E-state index contributed by atoms with van der Waals surface area (Å²) in [6, 6.07) is 0. The summed E-state index contributed by atoms with van der Waals surface area (Å²) in [7, 11) is 0. The second-order valence-corrected chi connectivity index (χ2v) is 6.57. The van der Waals surface area contributed by atoms with Crippen molar-refractivity contribution in [1.82, 2.24) is 5.32 Å². The molecule has 0 bridgehead atoms. The predicted molar refractivity (Wildman–Crippen MR) is 78.2 cm³/mol. The Balaban J connectivity index is 2.67. The molecule has 20 heavy (non-hydrogen) atoms. The highest BCUT2D eigenvalue weighted by molar-refractivity contribution is 5.84. The van der Waals surface area contributed by atoms with Gasteiger partial charge in [-0.3, -0.25) is 9.59 Å². The maximum Gasteiger partial charge on any atom is 0.311 e. The zero-order valence-electron chi connectivity index (χ0n) is 12.9. The highest BCUT2D eigenvalue weighted by Crippen LogP contribution is 2.38. The molecule has 1 atom stereocenters. The van der Waals surface area contributed by atoms with Crippen molar-refractivity contribution >= 4 is 11.9 Å². The highest BCUT2D eigenvalue weighted by atomic mass is 16.4. The van der Waals surface area contributed by atoms with E-state index >= 15 is 0 Å². The van der Waals surface area contributed by atoms with Gasteiger partial charge in [0.05, 0.1) is 10.8 Å². The van der Waals surface area contributed by atoms with Crippen LogP contribution in [0.4, 0.5) is 0 Å². The molecule has 0 aromatic carbocycles. The highest BCUT2D eigenvalue weighted by Gasteiger charge is 2.41. The van der Waals surface area contributed by atoms with Crippen LogP contribution in [0.15, 0.2) is 0 Å². The molecule has 5 heteroatoms. The van der Waals surface area contributed by atoms with Gasteiger partial charge in [0.1, 0.15) is 0 Å². The SMILES string of the molecule is CCC(C)(CNC(=O)C1(CN)CCC(C)CC1)C(=O)O. The van der Waals surface area contributed by atoms with Gasteiger partial charge >= 0.3 is 5.97 Å². The Morgan fingerprint density at radius 3 is 2.35 bits per heavy atom. The van der Waals surface area contributed by atoms with Crippen molar-refractivity contribution in [3.63, 3.8) is 0 Å². The van der Waals surface area contributed by atoms with Crippen LogP contribution in [0.25, 0.3) is 0 Å². The number of nitrogens with one attached hydrogen (secondary N) is 1. The van der Waals surface area contributed by atoms with Crippen LogP contribution in [0.5, 0.6) is 0 Å². The molecule has 1 rings (SSSR count). The van der Waals surface area contributed by atoms with Crippen molar-refractivity contribution in [3.05, 3.63) is 0 Å². The van der Waals surface area contributed by atoms with Gasteiger partial charge in [-0.25, -0.2) is 0 Å². The first-order chi connectivity index (χ1) is 9.29. The Hall–Kier alpha value is -1.10. The van der Waals surface area contributed by atoms with Crippen LogP contribution < -0.4 is 11.1 Å². The Bertz CT molecular complexity index is 362. The van der Waals surface area contributed by atoms with E-state index in [1.165, 1.54) is 0 Å². The summed E-state index contributed by atoms with van der Waals surface area (Å²) in [5.74, 6) is -0.311. The quantitative estimate of drug-likeness (QED) is 0.693. The van der Waals surface area contributed by atoms with E-state index in [4.69, 9.17) is 5.73 Å². The molecule has 1 aliphatic carbocycles. The molecule has 0 heterocycles. The number of aliphatic carboxylic acids is 1. The molecule has 1 unspecified atom stereocenters. The maximum absolute atomic E-state index is 12.5. The third-order valence-corrected chi connectivity index (χ3v) is 5.04. The van der Waals surface area contributed by atoms with Gasteiger partial charge in [-0.15, -0.1) is 0 Å². The molecule has 1 amide bonds. The van der Waals surface area contributed by atoms with Crippen LogP contribution in [-0.4, -0.2) is 30.1 Å². The fourth-order valence-corrected chi connectivity index (χ4v) is 2.65. The monoisotopic (exact) mass is 284 g/mol. The molecule has 0 saturated heterocycles. The lowest BCUT2D eigenvalue weighted by Crippen LogP contribution is -2.51. The van der Waals surface area contributed by atoms with Crippen molar-refractivity contribution in [2.24, 2.45) is 22.5 Å². The van der Waals surface area contributed by atoms with E-state index in [-0.39, 0.29) is 12.5 Å². The Labute approximate surface area is 121 Å². The molecule has 0 aromatic rings. The van der Waals surface area contributed by atoms with E-state index in [0.717, 1.165) is 25.7 Å². The largest absolute Gasteiger partial charge is 0.481 e. The topological polar surface area (TPSA) is 92.4 Å². The summed E-state index contributed by atoms with van der Waals surface area (Å²) >= 11 is 0. The van der Waals surface area contributed by atoms with E-state index < -0.39 is 16.8 Å². The van der Waals surface area contributed by atoms with Crippen LogP contribution in [0, 0.1) is 16.7 Å². The number of hydrogen-bond donors (Lipinski definition) is 3. The van der Waals surface area contributed by atoms with Gasteiger partial charge in [0.25, 0.3) is 0 Å². The second kappa shape index (κ2) is 6.57. The van der Waals surface area contributed by atoms with Gasteiger partial charge in [0.15, 0.2) is 0 Å². The fraction of sp³-hybridized carbons (Fsp3) is 0.867. The molecule has 0 aliphatic heterocycles. The zero-order valence-corrected chi connectivity index (χ0v) is 12.9. The molecule has 1 aliphatic rings. The summed E-state index contributed by atoms with van der Waals surface area (Å²) in [5, 5.41) is 12.1. The molecule has 1 fully saturated rings. The standard InChI is InChI=1S/C15H28N2O3/c1-4-14(3,13(19)20)10-17-12(18)15(9-16)7-5-11(2)6-8-15/h11H,4-10,16H2,1-3H3,(H,17,18)(H,19,20). The number of amides is 1. The van der Waals surface area contributed by atoms with Crippen LogP contribution >= 0.6 is 0 Å². The lowest BCUT2D eigenvalue weighted by molar-refractivity contribution is -0.148. The Kier molecular flexibility index (Phi) is 5.57. The second-order valence-electron chi connectivity index (χ2n) is 6.57. The summed E-state index contributed by atoms with van der Waals surface area (Å²) in [4.78, 5) is 23.7. The van der Waals surface area contributed by atoms with Gasteiger partial charge in [0.2, 0.25) is 5.91 Å². The number of nitrogens with two attached hydrogens (primary N) is 1. The molecule has 0 spiro atoms. The minimum Gasteiger partial charge on any atom is -0.481 e. The normalized spacial score (nSPS) is 29.5. The summed E-state index contributed by atoms with van der Waals surface area (Å²) in [6.07, 6.45) is 4.09. The zero-order chi connectivity index (χ0) is 15.4. The third kappa shape index (κ3) is 3.51. The molecular weight excluding hydrogens is 256 g/mol. The van der Waals surface area contributed by atoms with Gasteiger partial charge in [-0.1, -0.05) is 13.8 Å². The lowest BCUT2D eigenvalue weighted by atomic mass is 9.70. The molecule has 1 saturated carbocycles. The Morgan fingerprint density at radius 1 is 1.40 bits per heavy atom. The molecular formula is C15H28N2O3. The van der Waals surface area contributed by atoms with Crippen LogP contribution in [-0.2, 0) is 9.59 Å². The maximum atomic E-state index is 12.5. The minimum atomic E-state index is -0.909. The Morgan fingerprint density at radius 2 is 1.95 bits per heavy atom. The first kappa shape index (κ1) is 17.0. The van der Waals surface area contributed by atoms with E-state index in [2.05, 4.69) is 12.2 Å². The van der Waals surface area contributed by atoms with Crippen molar-refractivity contribution in [3.8, 4) is 0 Å². The molecule has 116 valence electrons. The van der Waals surface area contributed by atoms with E-state index in [1.807, 2.05) is 6.92 Å². The molecule has 4 N–H and O–H groups in total. The number of carbonyl (C=O) groups excluding carboxylic acids is 1. The van der Waals surface area contributed by atoms with Crippen LogP contribution in [0.2, 0.25) is 0 Å². The van der Waals surface area contributed by atoms with E-state index in [0.29, 0.717) is 18.9 Å². The fourth-order valence-electron chi connectivity index (χ4n) is 2.65. The van der Waals surface area contributed by atoms with Gasteiger partial charge in [0, 0.05) is 13.1 Å². The van der Waals surface area contributed by atoms with E-state index in [1.54, 1.807) is 6.92 Å². The number of carboxylic acid groups (broad SMARTS) is 1. The van der Waals surface area contributed by atoms with Crippen molar-refractivity contribution < 1.29 is 14.7 Å². The summed E-state index contributed by atoms with van der Waals surface area (Å²) in [5.41, 5.74) is 4.43. The van der Waals surface area contributed by atoms with Crippen LogP contribution in [0.1, 0.15) is 52.9 Å². The summed E-state index contributed by atoms with van der Waals surface area (Å²) < 4.78 is 0. The molecule has 5 nitrogen and oxygen atoms in total. The first-order valence-electron chi connectivity index (χ1n) is 7.51. The average molecular weight is 284 g/mol. The van der Waals surface area contributed by atoms with Gasteiger partial charge in [-0.05, 0) is 44.9 Å². The van der Waals surface area contributed by atoms with Crippen LogP contribution in [0.3, 0.4) is 0 Å². The van der Waals surface area contributed by atoms with E-state index in [9.17, 15) is 14.7 Å². The first-order valence-corrected chi connectivity index (χ1v) is 7.51. The molecule has 0 radical (unpaired) electrons. The number of rotatable bonds is 6. The average Bonchev–Trinajstić information content (AvgIpc) is 2.45. The number of carbonyl (C=O) groups is 2. The smallest absolute Gasteiger partial charge is 0.311 e. The van der Waals surface area contributed by atoms with Crippen molar-refractivity contribution in [2.45, 2.75) is 52.9 Å². The van der Waals surface area contributed by atoms with Crippen molar-refractivity contribution in [2.75, 3.05) is 13.1 Å². The number of hydrogen-bond acceptors (Lipinski definition) is 3. The summed E-state index contributed by atoms with van der Waals surface area (Å²) in [6.45, 7) is 6.17. The molecule has 0 aromatic heterocycles. The number of carboxylic acids is 1. The lowest BCUT2D eigenvalue weighted by Gasteiger charge is -2.38. The van der Waals surface area contributed by atoms with Gasteiger partial charge in [-0.2, -0.15) is 0 Å². The predicted octanol–water partition coefficient (Wildman–Crippen LogP) is 1.76. The minimum absolute atomic E-state index is 0.0761. The van der Waals surface area contributed by atoms with Gasteiger partial charge < -0.3 is 16.2 Å².